The molecule has 3 amide bonds. The second kappa shape index (κ2) is 8.97. The minimum Gasteiger partial charge on any atom is -0.369 e. The maximum atomic E-state index is 12.8. The number of hydrogen-bond donors (Lipinski definition) is 3. The van der Waals surface area contributed by atoms with Crippen molar-refractivity contribution in [3.8, 4) is 0 Å². The molecular formula is C22H26N4O3S. The van der Waals surface area contributed by atoms with E-state index in [2.05, 4.69) is 15.5 Å². The largest absolute Gasteiger partial charge is 0.369 e. The Kier molecular flexibility index (Phi) is 6.15. The molecule has 4 rings (SSSR count). The van der Waals surface area contributed by atoms with Crippen LogP contribution in [0.4, 0.5) is 10.7 Å². The summed E-state index contributed by atoms with van der Waals surface area (Å²) in [4.78, 5) is 39.0. The van der Waals surface area contributed by atoms with E-state index in [0.717, 1.165) is 43.5 Å². The Morgan fingerprint density at radius 1 is 1.03 bits per heavy atom. The molecule has 1 atom stereocenters. The number of nitrogens with two attached hydrogens (primary N) is 1. The summed E-state index contributed by atoms with van der Waals surface area (Å²) >= 11 is 1.27. The number of likely N-dealkylation sites (tertiary alicyclic amines) is 1. The molecule has 0 bridgehead atoms. The lowest BCUT2D eigenvalue weighted by atomic mass is 9.97. The first-order valence-corrected chi connectivity index (χ1v) is 11.1. The number of para-hydroxylation sites is 1. The number of hydrogen-bond acceptors (Lipinski definition) is 5. The predicted octanol–water partition coefficient (Wildman–Crippen LogP) is 3.05. The molecule has 1 aliphatic carbocycles. The molecule has 4 N–H and O–H groups in total. The topological polar surface area (TPSA) is 105 Å². The minimum absolute atomic E-state index is 0.0324. The Hall–Kier alpha value is -2.71. The molecule has 30 heavy (non-hydrogen) atoms. The fraction of sp³-hybridized carbons (Fsp3) is 0.409. The third kappa shape index (κ3) is 5.06. The Balaban J connectivity index is 1.40. The summed E-state index contributed by atoms with van der Waals surface area (Å²) in [5.41, 5.74) is 7.23. The summed E-state index contributed by atoms with van der Waals surface area (Å²) in [6.07, 6.45) is 3.66. The molecule has 0 spiro atoms. The fourth-order valence-electron chi connectivity index (χ4n) is 3.73. The molecule has 2 heterocycles. The van der Waals surface area contributed by atoms with Crippen LogP contribution in [0.25, 0.3) is 0 Å². The molecule has 1 saturated heterocycles. The van der Waals surface area contributed by atoms with Crippen molar-refractivity contribution >= 4 is 39.7 Å². The van der Waals surface area contributed by atoms with Gasteiger partial charge in [0.2, 0.25) is 11.8 Å². The Labute approximate surface area is 179 Å². The van der Waals surface area contributed by atoms with E-state index in [1.54, 1.807) is 12.1 Å². The van der Waals surface area contributed by atoms with Gasteiger partial charge in [-0.05, 0) is 56.0 Å². The first-order valence-electron chi connectivity index (χ1n) is 10.3. The molecule has 2 aliphatic rings. The molecule has 2 fully saturated rings. The second-order valence-electron chi connectivity index (χ2n) is 8.02. The van der Waals surface area contributed by atoms with E-state index in [-0.39, 0.29) is 29.6 Å². The molecule has 1 aliphatic heterocycles. The van der Waals surface area contributed by atoms with Crippen molar-refractivity contribution in [3.63, 3.8) is 0 Å². The van der Waals surface area contributed by atoms with Gasteiger partial charge < -0.3 is 16.4 Å². The maximum absolute atomic E-state index is 12.8. The summed E-state index contributed by atoms with van der Waals surface area (Å²) in [6, 6.07) is 11.2. The van der Waals surface area contributed by atoms with Crippen LogP contribution in [0.2, 0.25) is 0 Å². The molecular weight excluding hydrogens is 400 g/mol. The number of primary amides is 1. The average Bonchev–Trinajstić information content (AvgIpc) is 3.49. The van der Waals surface area contributed by atoms with Crippen molar-refractivity contribution in [2.75, 3.05) is 23.7 Å². The van der Waals surface area contributed by atoms with E-state index in [0.29, 0.717) is 23.0 Å². The van der Waals surface area contributed by atoms with E-state index < -0.39 is 0 Å². The molecule has 1 aromatic carbocycles. The van der Waals surface area contributed by atoms with Crippen molar-refractivity contribution in [3.05, 3.63) is 46.8 Å². The van der Waals surface area contributed by atoms with Crippen molar-refractivity contribution in [2.45, 2.75) is 32.2 Å². The smallest absolute Gasteiger partial charge is 0.265 e. The number of benzene rings is 1. The minimum atomic E-state index is -0.247. The summed E-state index contributed by atoms with van der Waals surface area (Å²) in [5.74, 6) is -0.405. The van der Waals surface area contributed by atoms with Crippen LogP contribution in [0.15, 0.2) is 36.4 Å². The number of anilines is 2. The summed E-state index contributed by atoms with van der Waals surface area (Å²) < 4.78 is 0. The maximum Gasteiger partial charge on any atom is 0.265 e. The number of nitrogens with zero attached hydrogens (tertiary/aromatic N) is 1. The van der Waals surface area contributed by atoms with Crippen LogP contribution in [0.3, 0.4) is 0 Å². The van der Waals surface area contributed by atoms with Crippen LogP contribution in [0.1, 0.15) is 40.9 Å². The first kappa shape index (κ1) is 20.6. The van der Waals surface area contributed by atoms with E-state index in [9.17, 15) is 14.4 Å². The molecule has 1 unspecified atom stereocenters. The monoisotopic (exact) mass is 426 g/mol. The van der Waals surface area contributed by atoms with Crippen molar-refractivity contribution in [2.24, 2.45) is 17.6 Å². The van der Waals surface area contributed by atoms with Gasteiger partial charge in [-0.2, -0.15) is 0 Å². The Morgan fingerprint density at radius 3 is 2.60 bits per heavy atom. The molecule has 1 saturated carbocycles. The first-order chi connectivity index (χ1) is 14.5. The van der Waals surface area contributed by atoms with Gasteiger partial charge in [0.25, 0.3) is 5.91 Å². The molecule has 7 nitrogen and oxygen atoms in total. The average molecular weight is 427 g/mol. The van der Waals surface area contributed by atoms with Gasteiger partial charge in [-0.1, -0.05) is 18.2 Å². The van der Waals surface area contributed by atoms with Crippen LogP contribution in [-0.2, 0) is 16.1 Å². The molecule has 0 radical (unpaired) electrons. The van der Waals surface area contributed by atoms with Crippen molar-refractivity contribution in [1.29, 1.82) is 0 Å². The highest BCUT2D eigenvalue weighted by atomic mass is 32.1. The Bertz CT molecular complexity index is 953. The normalized spacial score (nSPS) is 19.3. The van der Waals surface area contributed by atoms with Gasteiger partial charge in [0.15, 0.2) is 0 Å². The van der Waals surface area contributed by atoms with Crippen LogP contribution in [0.5, 0.6) is 0 Å². The number of rotatable bonds is 7. The lowest BCUT2D eigenvalue weighted by Gasteiger charge is -2.31. The van der Waals surface area contributed by atoms with Gasteiger partial charge in [-0.3, -0.25) is 19.3 Å². The number of amides is 3. The zero-order valence-electron chi connectivity index (χ0n) is 16.7. The third-order valence-corrected chi connectivity index (χ3v) is 6.59. The number of nitrogens with one attached hydrogen (secondary N) is 2. The van der Waals surface area contributed by atoms with E-state index in [1.807, 2.05) is 24.3 Å². The molecule has 158 valence electrons. The van der Waals surface area contributed by atoms with Crippen LogP contribution >= 0.6 is 11.3 Å². The van der Waals surface area contributed by atoms with Crippen LogP contribution in [-0.4, -0.2) is 35.7 Å². The summed E-state index contributed by atoms with van der Waals surface area (Å²) in [7, 11) is 0. The van der Waals surface area contributed by atoms with E-state index in [4.69, 9.17) is 5.73 Å². The zero-order chi connectivity index (χ0) is 21.1. The second-order valence-corrected chi connectivity index (χ2v) is 9.10. The number of carbonyl (C=O) groups excluding carboxylic acids is 3. The predicted molar refractivity (Wildman–Crippen MR) is 117 cm³/mol. The highest BCUT2D eigenvalue weighted by Gasteiger charge is 2.30. The SMILES string of the molecule is NC(=O)C1CCCN(Cc2ccccc2NC(=O)c2ccc(NC(=O)C3CC3)s2)C1. The number of thiophene rings is 1. The molecule has 8 heteroatoms. The van der Waals surface area contributed by atoms with E-state index in [1.165, 1.54) is 11.3 Å². The Morgan fingerprint density at radius 2 is 1.83 bits per heavy atom. The summed E-state index contributed by atoms with van der Waals surface area (Å²) in [5, 5.41) is 6.56. The number of carbonyl (C=O) groups is 3. The zero-order valence-corrected chi connectivity index (χ0v) is 17.5. The third-order valence-electron chi connectivity index (χ3n) is 5.59. The van der Waals surface area contributed by atoms with Gasteiger partial charge in [-0.15, -0.1) is 11.3 Å². The fourth-order valence-corrected chi connectivity index (χ4v) is 4.54. The lowest BCUT2D eigenvalue weighted by Crippen LogP contribution is -2.40. The van der Waals surface area contributed by atoms with Gasteiger partial charge in [0.05, 0.1) is 15.8 Å². The van der Waals surface area contributed by atoms with Gasteiger partial charge >= 0.3 is 0 Å². The van der Waals surface area contributed by atoms with Gasteiger partial charge in [0.1, 0.15) is 0 Å². The highest BCUT2D eigenvalue weighted by Crippen LogP contribution is 2.32. The van der Waals surface area contributed by atoms with Crippen LogP contribution < -0.4 is 16.4 Å². The van der Waals surface area contributed by atoms with Gasteiger partial charge in [0, 0.05) is 24.7 Å². The van der Waals surface area contributed by atoms with Crippen molar-refractivity contribution in [1.82, 2.24) is 4.90 Å². The van der Waals surface area contributed by atoms with E-state index >= 15 is 0 Å². The lowest BCUT2D eigenvalue weighted by molar-refractivity contribution is -0.123. The molecule has 2 aromatic rings. The van der Waals surface area contributed by atoms with Gasteiger partial charge in [-0.25, -0.2) is 0 Å². The standard InChI is InChI=1S/C22H26N4O3S/c23-20(27)16-5-3-11-26(13-16)12-15-4-1-2-6-17(15)24-22(29)18-9-10-19(30-18)25-21(28)14-7-8-14/h1-2,4,6,9-10,14,16H,3,5,7-8,11-13H2,(H2,23,27)(H,24,29)(H,25,28). The highest BCUT2D eigenvalue weighted by molar-refractivity contribution is 7.18. The quantitative estimate of drug-likeness (QED) is 0.633. The van der Waals surface area contributed by atoms with Crippen LogP contribution in [0, 0.1) is 11.8 Å². The number of piperidine rings is 1. The summed E-state index contributed by atoms with van der Waals surface area (Å²) in [6.45, 7) is 2.20. The van der Waals surface area contributed by atoms with Crippen molar-refractivity contribution < 1.29 is 14.4 Å². The molecule has 1 aromatic heterocycles.